The van der Waals surface area contributed by atoms with Crippen LogP contribution < -0.4 is 5.32 Å². The van der Waals surface area contributed by atoms with Gasteiger partial charge in [0.05, 0.1) is 26.9 Å². The van der Waals surface area contributed by atoms with E-state index in [9.17, 15) is 36.6 Å². The molecule has 0 saturated carbocycles. The topological polar surface area (TPSA) is 227 Å². The fourth-order valence-electron chi connectivity index (χ4n) is 5.44. The van der Waals surface area contributed by atoms with E-state index in [0.29, 0.717) is 11.3 Å². The van der Waals surface area contributed by atoms with Crippen molar-refractivity contribution >= 4 is 82.6 Å². The van der Waals surface area contributed by atoms with E-state index in [0.717, 1.165) is 12.1 Å². The van der Waals surface area contributed by atoms with Crippen molar-refractivity contribution in [3.63, 3.8) is 0 Å². The van der Waals surface area contributed by atoms with Crippen LogP contribution in [-0.2, 0) is 20.0 Å². The summed E-state index contributed by atoms with van der Waals surface area (Å²) in [5, 5.41) is 33.1. The van der Waals surface area contributed by atoms with Crippen LogP contribution in [0.3, 0.4) is 0 Å². The van der Waals surface area contributed by atoms with Crippen LogP contribution in [0.2, 0.25) is 10.6 Å². The van der Waals surface area contributed by atoms with Crippen LogP contribution in [0.4, 0.5) is 28.7 Å². The monoisotopic (exact) mass is 779 g/mol. The van der Waals surface area contributed by atoms with E-state index in [-0.39, 0.29) is 44.2 Å². The number of phenolic OH excluding ortho intramolecular Hbond substituents is 1. The summed E-state index contributed by atoms with van der Waals surface area (Å²) in [5.41, 5.74) is -0.312. The third-order valence-corrected chi connectivity index (χ3v) is 10.7. The number of phenols is 1. The maximum absolute atomic E-state index is 14.6. The van der Waals surface area contributed by atoms with Gasteiger partial charge in [-0.25, -0.2) is 8.42 Å². The van der Waals surface area contributed by atoms with Crippen molar-refractivity contribution in [2.75, 3.05) is 11.1 Å². The fraction of sp³-hybridized carbons (Fsp3) is 0.0606. The molecule has 0 radical (unpaired) electrons. The number of sulfone groups is 1. The number of fused-ring (bicyclic) bond motifs is 1. The van der Waals surface area contributed by atoms with Gasteiger partial charge >= 0.3 is 0 Å². The molecular weight excluding hydrogens is 757 g/mol. The van der Waals surface area contributed by atoms with Crippen molar-refractivity contribution in [2.45, 2.75) is 15.7 Å². The minimum atomic E-state index is -5.07. The first-order chi connectivity index (χ1) is 24.7. The molecular formula is C33H23Cl2N7O8S2. The lowest BCUT2D eigenvalue weighted by atomic mass is 9.92. The summed E-state index contributed by atoms with van der Waals surface area (Å²) in [6, 6.07) is 25.3. The maximum Gasteiger partial charge on any atom is 0.296 e. The molecule has 6 aromatic rings. The predicted molar refractivity (Wildman–Crippen MR) is 193 cm³/mol. The minimum Gasteiger partial charge on any atom is -0.505 e. The Kier molecular flexibility index (Phi) is 10.1. The summed E-state index contributed by atoms with van der Waals surface area (Å²) in [4.78, 5) is 21.7. The van der Waals surface area contributed by atoms with Crippen molar-refractivity contribution < 1.29 is 31.4 Å². The molecule has 0 aliphatic heterocycles. The number of aromatic nitrogens is 3. The lowest BCUT2D eigenvalue weighted by Crippen LogP contribution is -2.18. The number of hydrogen-bond donors (Lipinski definition) is 3. The molecule has 1 heterocycles. The van der Waals surface area contributed by atoms with Crippen molar-refractivity contribution in [3.05, 3.63) is 135 Å². The van der Waals surface area contributed by atoms with Crippen LogP contribution in [0, 0.1) is 10.1 Å². The number of halogens is 2. The Morgan fingerprint density at radius 3 is 2.04 bits per heavy atom. The average molecular weight is 781 g/mol. The average Bonchev–Trinajstić information content (AvgIpc) is 3.10. The normalized spacial score (nSPS) is 12.6. The van der Waals surface area contributed by atoms with Gasteiger partial charge in [-0.05, 0) is 64.5 Å². The summed E-state index contributed by atoms with van der Waals surface area (Å²) in [6.45, 7) is 0. The standard InChI is InChI=1S/C33H23Cl2N7O8S2/c34-31-37-32(35)39-33(38-31)36-25-17-23-20(16-28(52(48,49)50)29(30(23)43)41-40-21-11-5-2-6-12-21)15-27(25)51(46,47)18-24(19-9-3-1-4-10-19)22-13-7-8-14-26(22)42(44)45/h1-17,24,43H,18H2,(H,48,49,50)(H,36,37,38,39)/b41-40+. The molecule has 3 N–H and O–H groups in total. The fourth-order valence-corrected chi connectivity index (χ4v) is 8.20. The van der Waals surface area contributed by atoms with E-state index in [1.807, 2.05) is 0 Å². The number of para-hydroxylation sites is 1. The molecule has 1 aromatic heterocycles. The number of azo groups is 1. The second-order valence-corrected chi connectivity index (χ2v) is 15.1. The quantitative estimate of drug-likeness (QED) is 0.0492. The molecule has 15 nitrogen and oxygen atoms in total. The van der Waals surface area contributed by atoms with Crippen molar-refractivity contribution in [3.8, 4) is 5.75 Å². The molecule has 0 amide bonds. The van der Waals surface area contributed by atoms with Gasteiger partial charge in [-0.15, -0.1) is 5.11 Å². The molecule has 5 aromatic carbocycles. The Balaban J connectivity index is 1.59. The Hall–Kier alpha value is -5.59. The highest BCUT2D eigenvalue weighted by atomic mass is 35.5. The molecule has 0 saturated heterocycles. The highest BCUT2D eigenvalue weighted by Crippen LogP contribution is 2.45. The maximum atomic E-state index is 14.6. The smallest absolute Gasteiger partial charge is 0.296 e. The van der Waals surface area contributed by atoms with E-state index in [1.165, 1.54) is 24.3 Å². The van der Waals surface area contributed by atoms with Crippen LogP contribution in [0.25, 0.3) is 10.8 Å². The van der Waals surface area contributed by atoms with Gasteiger partial charge in [0.15, 0.2) is 15.6 Å². The van der Waals surface area contributed by atoms with Crippen LogP contribution in [0.15, 0.2) is 123 Å². The Labute approximate surface area is 305 Å². The van der Waals surface area contributed by atoms with E-state index in [1.54, 1.807) is 66.7 Å². The second-order valence-electron chi connectivity index (χ2n) is 11.0. The van der Waals surface area contributed by atoms with Gasteiger partial charge in [-0.2, -0.15) is 28.5 Å². The van der Waals surface area contributed by atoms with Gasteiger partial charge in [0.2, 0.25) is 16.5 Å². The van der Waals surface area contributed by atoms with Crippen LogP contribution in [-0.4, -0.2) is 52.1 Å². The summed E-state index contributed by atoms with van der Waals surface area (Å²) < 4.78 is 64.4. The van der Waals surface area contributed by atoms with Gasteiger partial charge in [0.25, 0.3) is 15.8 Å². The zero-order chi connectivity index (χ0) is 37.2. The van der Waals surface area contributed by atoms with Gasteiger partial charge in [-0.3, -0.25) is 14.7 Å². The third kappa shape index (κ3) is 7.83. The zero-order valence-electron chi connectivity index (χ0n) is 26.2. The van der Waals surface area contributed by atoms with Crippen molar-refractivity contribution in [2.24, 2.45) is 10.2 Å². The molecule has 0 spiro atoms. The van der Waals surface area contributed by atoms with Gasteiger partial charge in [0.1, 0.15) is 10.6 Å². The Morgan fingerprint density at radius 1 is 0.808 bits per heavy atom. The molecule has 0 aliphatic rings. The first-order valence-electron chi connectivity index (χ1n) is 14.8. The zero-order valence-corrected chi connectivity index (χ0v) is 29.3. The number of nitrogens with one attached hydrogen (secondary N) is 1. The van der Waals surface area contributed by atoms with Gasteiger partial charge in [0, 0.05) is 22.9 Å². The number of nitro groups is 1. The van der Waals surface area contributed by atoms with Crippen molar-refractivity contribution in [1.29, 1.82) is 0 Å². The molecule has 19 heteroatoms. The molecule has 264 valence electrons. The number of nitrogens with zero attached hydrogens (tertiary/aromatic N) is 6. The number of benzene rings is 5. The SMILES string of the molecule is O=[N+]([O-])c1ccccc1C(CS(=O)(=O)c1cc2cc(S(=O)(=O)O)c(/N=N/c3ccccc3)c(O)c2cc1Nc1nc(Cl)nc(Cl)n1)c1ccccc1. The summed E-state index contributed by atoms with van der Waals surface area (Å²) >= 11 is 11.9. The molecule has 52 heavy (non-hydrogen) atoms. The molecule has 0 bridgehead atoms. The van der Waals surface area contributed by atoms with E-state index in [2.05, 4.69) is 30.5 Å². The van der Waals surface area contributed by atoms with Crippen LogP contribution >= 0.6 is 23.2 Å². The lowest BCUT2D eigenvalue weighted by Gasteiger charge is -2.20. The minimum absolute atomic E-state index is 0.119. The predicted octanol–water partition coefficient (Wildman–Crippen LogP) is 7.96. The summed E-state index contributed by atoms with van der Waals surface area (Å²) in [7, 11) is -9.61. The molecule has 0 aliphatic carbocycles. The molecule has 1 unspecified atom stereocenters. The summed E-state index contributed by atoms with van der Waals surface area (Å²) in [6.07, 6.45) is 0. The number of anilines is 2. The Bertz CT molecular complexity index is 2580. The number of aromatic hydroxyl groups is 1. The Morgan fingerprint density at radius 2 is 1.40 bits per heavy atom. The number of nitro benzene ring substituents is 1. The number of hydrogen-bond acceptors (Lipinski definition) is 13. The molecule has 6 rings (SSSR count). The van der Waals surface area contributed by atoms with Gasteiger partial charge in [-0.1, -0.05) is 66.7 Å². The summed E-state index contributed by atoms with van der Waals surface area (Å²) in [5.74, 6) is -2.86. The van der Waals surface area contributed by atoms with E-state index >= 15 is 0 Å². The molecule has 1 atom stereocenters. The first kappa shape index (κ1) is 36.2. The van der Waals surface area contributed by atoms with Crippen molar-refractivity contribution in [1.82, 2.24) is 15.0 Å². The second kappa shape index (κ2) is 14.6. The van der Waals surface area contributed by atoms with E-state index < -0.39 is 57.8 Å². The molecule has 0 fully saturated rings. The largest absolute Gasteiger partial charge is 0.505 e. The highest BCUT2D eigenvalue weighted by Gasteiger charge is 2.32. The van der Waals surface area contributed by atoms with Crippen LogP contribution in [0.5, 0.6) is 5.75 Å². The lowest BCUT2D eigenvalue weighted by molar-refractivity contribution is -0.385. The van der Waals surface area contributed by atoms with E-state index in [4.69, 9.17) is 23.2 Å². The first-order valence-corrected chi connectivity index (χ1v) is 18.7. The van der Waals surface area contributed by atoms with Crippen LogP contribution in [0.1, 0.15) is 17.0 Å². The number of rotatable bonds is 11. The highest BCUT2D eigenvalue weighted by molar-refractivity contribution is 7.91. The third-order valence-electron chi connectivity index (χ3n) is 7.71. The van der Waals surface area contributed by atoms with Gasteiger partial charge < -0.3 is 10.4 Å².